The number of pyridine rings is 2. The van der Waals surface area contributed by atoms with Crippen LogP contribution in [0, 0.1) is 0 Å². The van der Waals surface area contributed by atoms with Crippen LogP contribution in [0.15, 0.2) is 42.7 Å². The third kappa shape index (κ3) is 3.91. The molecule has 4 nitrogen and oxygen atoms in total. The van der Waals surface area contributed by atoms with Gasteiger partial charge >= 0.3 is 0 Å². The minimum absolute atomic E-state index is 0.146. The summed E-state index contributed by atoms with van der Waals surface area (Å²) >= 11 is 0. The molecule has 3 rings (SSSR count). The van der Waals surface area contributed by atoms with Gasteiger partial charge in [0.15, 0.2) is 0 Å². The van der Waals surface area contributed by atoms with E-state index < -0.39 is 0 Å². The number of hydrogen-bond donors (Lipinski definition) is 1. The Kier molecular flexibility index (Phi) is 5.82. The van der Waals surface area contributed by atoms with Gasteiger partial charge in [0.2, 0.25) is 0 Å². The Hall–Kier alpha value is -1.78. The summed E-state index contributed by atoms with van der Waals surface area (Å²) in [6.45, 7) is 6.34. The predicted molar refractivity (Wildman–Crippen MR) is 102 cm³/mol. The molecule has 0 saturated carbocycles. The third-order valence-corrected chi connectivity index (χ3v) is 5.40. The van der Waals surface area contributed by atoms with Crippen molar-refractivity contribution in [3.05, 3.63) is 59.7 Å². The van der Waals surface area contributed by atoms with Gasteiger partial charge in [-0.25, -0.2) is 0 Å². The molecule has 2 aromatic heterocycles. The predicted octanol–water partition coefficient (Wildman–Crippen LogP) is 3.83. The highest BCUT2D eigenvalue weighted by Crippen LogP contribution is 2.40. The molecule has 134 valence electrons. The van der Waals surface area contributed by atoms with Crippen molar-refractivity contribution >= 4 is 0 Å². The van der Waals surface area contributed by atoms with Crippen LogP contribution in [0.5, 0.6) is 0 Å². The van der Waals surface area contributed by atoms with Gasteiger partial charge in [-0.05, 0) is 82.8 Å². The Bertz CT molecular complexity index is 669. The van der Waals surface area contributed by atoms with E-state index in [0.717, 1.165) is 44.5 Å². The Labute approximate surface area is 151 Å². The second-order valence-corrected chi connectivity index (χ2v) is 7.42. The van der Waals surface area contributed by atoms with Crippen molar-refractivity contribution in [3.63, 3.8) is 0 Å². The van der Waals surface area contributed by atoms with Crippen molar-refractivity contribution < 1.29 is 0 Å². The molecule has 2 N–H and O–H groups in total. The van der Waals surface area contributed by atoms with Gasteiger partial charge < -0.3 is 5.73 Å². The van der Waals surface area contributed by atoms with Crippen LogP contribution in [0.1, 0.15) is 62.5 Å². The topological polar surface area (TPSA) is 55.0 Å². The van der Waals surface area contributed by atoms with E-state index in [-0.39, 0.29) is 5.54 Å². The van der Waals surface area contributed by atoms with Crippen molar-refractivity contribution in [1.82, 2.24) is 14.9 Å². The SMILES string of the molecule is CC(C)(c1ccccn1)N(CCCCN)C1CCCc2cccnc21. The Morgan fingerprint density at radius 1 is 1.12 bits per heavy atom. The van der Waals surface area contributed by atoms with Crippen LogP contribution in [0.2, 0.25) is 0 Å². The van der Waals surface area contributed by atoms with E-state index >= 15 is 0 Å². The van der Waals surface area contributed by atoms with E-state index in [1.807, 2.05) is 18.5 Å². The summed E-state index contributed by atoms with van der Waals surface area (Å²) in [6, 6.07) is 10.8. The molecule has 1 atom stereocenters. The summed E-state index contributed by atoms with van der Waals surface area (Å²) in [4.78, 5) is 12.0. The first-order valence-corrected chi connectivity index (χ1v) is 9.46. The molecule has 0 aliphatic heterocycles. The molecule has 0 radical (unpaired) electrons. The molecule has 1 aliphatic rings. The first kappa shape index (κ1) is 18.0. The van der Waals surface area contributed by atoms with Crippen LogP contribution in [0.25, 0.3) is 0 Å². The van der Waals surface area contributed by atoms with Crippen molar-refractivity contribution in [2.24, 2.45) is 5.73 Å². The number of unbranched alkanes of at least 4 members (excludes halogenated alkanes) is 1. The summed E-state index contributed by atoms with van der Waals surface area (Å²) in [5.74, 6) is 0. The van der Waals surface area contributed by atoms with Crippen LogP contribution < -0.4 is 5.73 Å². The first-order valence-electron chi connectivity index (χ1n) is 9.46. The van der Waals surface area contributed by atoms with Crippen molar-refractivity contribution in [1.29, 1.82) is 0 Å². The fraction of sp³-hybridized carbons (Fsp3) is 0.524. The zero-order chi connectivity index (χ0) is 17.7. The van der Waals surface area contributed by atoms with Gasteiger partial charge in [-0.1, -0.05) is 12.1 Å². The van der Waals surface area contributed by atoms with Gasteiger partial charge in [-0.15, -0.1) is 0 Å². The molecule has 0 aromatic carbocycles. The molecule has 1 unspecified atom stereocenters. The zero-order valence-corrected chi connectivity index (χ0v) is 15.5. The molecule has 2 aromatic rings. The quantitative estimate of drug-likeness (QED) is 0.780. The van der Waals surface area contributed by atoms with E-state index in [0.29, 0.717) is 6.04 Å². The van der Waals surface area contributed by atoms with Crippen molar-refractivity contribution in [2.75, 3.05) is 13.1 Å². The fourth-order valence-electron chi connectivity index (χ4n) is 4.01. The molecule has 0 saturated heterocycles. The molecular weight excluding hydrogens is 308 g/mol. The van der Waals surface area contributed by atoms with Gasteiger partial charge in [-0.3, -0.25) is 14.9 Å². The molecular formula is C21H30N4. The highest BCUT2D eigenvalue weighted by Gasteiger charge is 2.37. The zero-order valence-electron chi connectivity index (χ0n) is 15.5. The molecule has 2 heterocycles. The van der Waals surface area contributed by atoms with Gasteiger partial charge in [-0.2, -0.15) is 0 Å². The van der Waals surface area contributed by atoms with Gasteiger partial charge in [0.25, 0.3) is 0 Å². The Morgan fingerprint density at radius 3 is 2.72 bits per heavy atom. The van der Waals surface area contributed by atoms with Crippen LogP contribution in [-0.2, 0) is 12.0 Å². The smallest absolute Gasteiger partial charge is 0.0607 e. The summed E-state index contributed by atoms with van der Waals surface area (Å²) in [6.07, 6.45) is 9.49. The number of nitrogens with zero attached hydrogens (tertiary/aromatic N) is 3. The highest BCUT2D eigenvalue weighted by atomic mass is 15.2. The number of rotatable bonds is 7. The fourth-order valence-corrected chi connectivity index (χ4v) is 4.01. The normalized spacial score (nSPS) is 17.5. The lowest BCUT2D eigenvalue weighted by Crippen LogP contribution is -2.46. The van der Waals surface area contributed by atoms with E-state index in [2.05, 4.69) is 48.0 Å². The lowest BCUT2D eigenvalue weighted by Gasteiger charge is -2.45. The van der Waals surface area contributed by atoms with E-state index in [4.69, 9.17) is 10.7 Å². The maximum Gasteiger partial charge on any atom is 0.0607 e. The third-order valence-electron chi connectivity index (χ3n) is 5.40. The highest BCUT2D eigenvalue weighted by molar-refractivity contribution is 5.27. The van der Waals surface area contributed by atoms with Crippen molar-refractivity contribution in [3.8, 4) is 0 Å². The molecule has 1 aliphatic carbocycles. The Balaban J connectivity index is 1.95. The lowest BCUT2D eigenvalue weighted by molar-refractivity contribution is 0.0489. The first-order chi connectivity index (χ1) is 12.1. The molecule has 0 amide bonds. The number of fused-ring (bicyclic) bond motifs is 1. The summed E-state index contributed by atoms with van der Waals surface area (Å²) in [5, 5.41) is 0. The van der Waals surface area contributed by atoms with E-state index in [9.17, 15) is 0 Å². The van der Waals surface area contributed by atoms with E-state index in [1.54, 1.807) is 0 Å². The van der Waals surface area contributed by atoms with Crippen LogP contribution in [-0.4, -0.2) is 28.0 Å². The molecule has 0 spiro atoms. The number of aromatic nitrogens is 2. The Morgan fingerprint density at radius 2 is 1.96 bits per heavy atom. The number of hydrogen-bond acceptors (Lipinski definition) is 4. The van der Waals surface area contributed by atoms with Crippen LogP contribution in [0.4, 0.5) is 0 Å². The minimum atomic E-state index is -0.146. The number of aryl methyl sites for hydroxylation is 1. The molecule has 0 bridgehead atoms. The maximum atomic E-state index is 5.75. The minimum Gasteiger partial charge on any atom is -0.330 e. The van der Waals surface area contributed by atoms with Gasteiger partial charge in [0.1, 0.15) is 0 Å². The lowest BCUT2D eigenvalue weighted by atomic mass is 9.86. The maximum absolute atomic E-state index is 5.75. The molecule has 25 heavy (non-hydrogen) atoms. The molecule has 0 fully saturated rings. The van der Waals surface area contributed by atoms with Crippen molar-refractivity contribution in [2.45, 2.75) is 57.5 Å². The summed E-state index contributed by atoms with van der Waals surface area (Å²) in [5.41, 5.74) is 9.37. The average Bonchev–Trinajstić information content (AvgIpc) is 2.65. The summed E-state index contributed by atoms with van der Waals surface area (Å²) < 4.78 is 0. The van der Waals surface area contributed by atoms with Gasteiger partial charge in [0.05, 0.1) is 23.0 Å². The van der Waals surface area contributed by atoms with Gasteiger partial charge in [0, 0.05) is 12.4 Å². The summed E-state index contributed by atoms with van der Waals surface area (Å²) in [7, 11) is 0. The van der Waals surface area contributed by atoms with E-state index in [1.165, 1.54) is 17.7 Å². The second kappa shape index (κ2) is 8.07. The van der Waals surface area contributed by atoms with Crippen LogP contribution >= 0.6 is 0 Å². The van der Waals surface area contributed by atoms with Crippen LogP contribution in [0.3, 0.4) is 0 Å². The molecule has 4 heteroatoms. The monoisotopic (exact) mass is 338 g/mol. The average molecular weight is 338 g/mol. The number of nitrogens with two attached hydrogens (primary N) is 1. The largest absolute Gasteiger partial charge is 0.330 e. The second-order valence-electron chi connectivity index (χ2n) is 7.42. The standard InChI is InChI=1S/C21H30N4/c1-21(2,19-12-3-5-14-23-19)25(16-6-4-13-22)18-11-7-9-17-10-8-15-24-20(17)18/h3,5,8,10,12,14-15,18H,4,6-7,9,11,13,16,22H2,1-2H3.